The normalized spacial score (nSPS) is 12.7. The van der Waals surface area contributed by atoms with Crippen LogP contribution in [0.1, 0.15) is 24.9 Å². The molecule has 0 aliphatic carbocycles. The van der Waals surface area contributed by atoms with Crippen molar-refractivity contribution >= 4 is 23.3 Å². The molecule has 0 saturated heterocycles. The number of rotatable bonds is 3. The van der Waals surface area contributed by atoms with Gasteiger partial charge in [0.1, 0.15) is 0 Å². The van der Waals surface area contributed by atoms with Crippen LogP contribution in [0.5, 0.6) is 0 Å². The molecule has 1 unspecified atom stereocenters. The highest BCUT2D eigenvalue weighted by Gasteiger charge is 2.15. The van der Waals surface area contributed by atoms with Crippen molar-refractivity contribution < 1.29 is 0 Å². The number of H-pyrrole nitrogens is 1. The van der Waals surface area contributed by atoms with E-state index in [-0.39, 0.29) is 6.04 Å². The zero-order chi connectivity index (χ0) is 13.2. The first-order valence-corrected chi connectivity index (χ1v) is 6.96. The maximum atomic E-state index is 5.50. The van der Waals surface area contributed by atoms with E-state index in [1.54, 1.807) is 0 Å². The number of hydrogen-bond donors (Lipinski definition) is 1. The Kier molecular flexibility index (Phi) is 3.22. The van der Waals surface area contributed by atoms with Crippen LogP contribution >= 0.6 is 12.2 Å². The Bertz CT molecular complexity index is 740. The number of aromatic amines is 1. The summed E-state index contributed by atoms with van der Waals surface area (Å²) in [6.07, 6.45) is 1.01. The van der Waals surface area contributed by atoms with Crippen LogP contribution in [0.2, 0.25) is 0 Å². The maximum Gasteiger partial charge on any atom is 0.178 e. The summed E-state index contributed by atoms with van der Waals surface area (Å²) in [5.41, 5.74) is 3.57. The molecule has 3 rings (SSSR count). The summed E-state index contributed by atoms with van der Waals surface area (Å²) in [4.78, 5) is 3.29. The number of benzene rings is 2. The summed E-state index contributed by atoms with van der Waals surface area (Å²) in [5.74, 6) is 0. The number of nitrogens with one attached hydrogen (secondary N) is 1. The van der Waals surface area contributed by atoms with Gasteiger partial charge in [-0.25, -0.2) is 0 Å². The van der Waals surface area contributed by atoms with E-state index in [2.05, 4.69) is 58.9 Å². The zero-order valence-electron chi connectivity index (χ0n) is 10.8. The summed E-state index contributed by atoms with van der Waals surface area (Å²) >= 11 is 5.50. The topological polar surface area (TPSA) is 20.7 Å². The molecule has 0 bridgehead atoms. The molecular formula is C16H16N2S. The molecule has 1 heterocycles. The summed E-state index contributed by atoms with van der Waals surface area (Å²) < 4.78 is 3.01. The lowest BCUT2D eigenvalue weighted by atomic mass is 10.0. The molecule has 0 saturated carbocycles. The number of nitrogens with zero attached hydrogens (tertiary/aromatic N) is 1. The first-order valence-electron chi connectivity index (χ1n) is 6.55. The van der Waals surface area contributed by atoms with Gasteiger partial charge in [0.2, 0.25) is 0 Å². The summed E-state index contributed by atoms with van der Waals surface area (Å²) in [6, 6.07) is 19.1. The Balaban J connectivity index is 2.22. The molecule has 0 aliphatic heterocycles. The van der Waals surface area contributed by atoms with Crippen molar-refractivity contribution in [3.63, 3.8) is 0 Å². The van der Waals surface area contributed by atoms with Gasteiger partial charge in [0.05, 0.1) is 17.1 Å². The van der Waals surface area contributed by atoms with Gasteiger partial charge < -0.3 is 9.55 Å². The second kappa shape index (κ2) is 5.02. The third-order valence-corrected chi connectivity index (χ3v) is 3.81. The second-order valence-electron chi connectivity index (χ2n) is 4.65. The third kappa shape index (κ3) is 2.10. The lowest BCUT2D eigenvalue weighted by Gasteiger charge is -2.18. The molecule has 1 aromatic heterocycles. The second-order valence-corrected chi connectivity index (χ2v) is 5.04. The van der Waals surface area contributed by atoms with E-state index in [0.717, 1.165) is 16.7 Å². The Labute approximate surface area is 117 Å². The van der Waals surface area contributed by atoms with Gasteiger partial charge in [-0.05, 0) is 36.3 Å². The summed E-state index contributed by atoms with van der Waals surface area (Å²) in [5, 5.41) is 0. The molecule has 2 aromatic carbocycles. The predicted molar refractivity (Wildman–Crippen MR) is 82.0 cm³/mol. The van der Waals surface area contributed by atoms with Gasteiger partial charge in [-0.3, -0.25) is 0 Å². The van der Waals surface area contributed by atoms with Gasteiger partial charge in [-0.1, -0.05) is 49.4 Å². The van der Waals surface area contributed by atoms with Crippen molar-refractivity contribution in [2.75, 3.05) is 0 Å². The number of hydrogen-bond acceptors (Lipinski definition) is 1. The largest absolute Gasteiger partial charge is 0.331 e. The van der Waals surface area contributed by atoms with Crippen molar-refractivity contribution in [1.82, 2.24) is 9.55 Å². The highest BCUT2D eigenvalue weighted by Crippen LogP contribution is 2.26. The first-order chi connectivity index (χ1) is 9.31. The van der Waals surface area contributed by atoms with Crippen LogP contribution in [0, 0.1) is 4.77 Å². The molecule has 2 nitrogen and oxygen atoms in total. The summed E-state index contributed by atoms with van der Waals surface area (Å²) in [7, 11) is 0. The van der Waals surface area contributed by atoms with Crippen molar-refractivity contribution in [2.45, 2.75) is 19.4 Å². The smallest absolute Gasteiger partial charge is 0.178 e. The van der Waals surface area contributed by atoms with Crippen molar-refractivity contribution in [3.05, 3.63) is 64.9 Å². The van der Waals surface area contributed by atoms with Gasteiger partial charge in [0.15, 0.2) is 4.77 Å². The average molecular weight is 268 g/mol. The minimum Gasteiger partial charge on any atom is -0.331 e. The molecule has 96 valence electrons. The minimum absolute atomic E-state index is 0.282. The molecule has 3 heteroatoms. The van der Waals surface area contributed by atoms with E-state index in [9.17, 15) is 0 Å². The summed E-state index contributed by atoms with van der Waals surface area (Å²) in [6.45, 7) is 2.20. The molecule has 3 aromatic rings. The van der Waals surface area contributed by atoms with Crippen molar-refractivity contribution in [3.8, 4) is 0 Å². The molecule has 0 aliphatic rings. The number of para-hydroxylation sites is 2. The van der Waals surface area contributed by atoms with Crippen molar-refractivity contribution in [1.29, 1.82) is 0 Å². The van der Waals surface area contributed by atoms with Gasteiger partial charge in [0.25, 0.3) is 0 Å². The standard InChI is InChI=1S/C16H16N2S/c1-2-14(12-8-4-3-5-9-12)18-15-11-7-6-10-13(15)17-16(18)19/h3-11,14H,2H2,1H3,(H,17,19). The predicted octanol–water partition coefficient (Wildman–Crippen LogP) is 4.70. The molecule has 0 amide bonds. The molecule has 1 atom stereocenters. The van der Waals surface area contributed by atoms with Crippen LogP contribution in [0.15, 0.2) is 54.6 Å². The molecule has 1 N–H and O–H groups in total. The fourth-order valence-electron chi connectivity index (χ4n) is 2.63. The van der Waals surface area contributed by atoms with Crippen LogP contribution in [0.25, 0.3) is 11.0 Å². The zero-order valence-corrected chi connectivity index (χ0v) is 11.7. The molecule has 19 heavy (non-hydrogen) atoms. The van der Waals surface area contributed by atoms with Gasteiger partial charge in [-0.15, -0.1) is 0 Å². The number of aromatic nitrogens is 2. The van der Waals surface area contributed by atoms with Crippen LogP contribution in [-0.2, 0) is 0 Å². The van der Waals surface area contributed by atoms with E-state index in [1.165, 1.54) is 11.1 Å². The van der Waals surface area contributed by atoms with E-state index in [1.807, 2.05) is 12.1 Å². The number of imidazole rings is 1. The van der Waals surface area contributed by atoms with Crippen LogP contribution in [-0.4, -0.2) is 9.55 Å². The van der Waals surface area contributed by atoms with Gasteiger partial charge in [0, 0.05) is 0 Å². The highest BCUT2D eigenvalue weighted by atomic mass is 32.1. The molecule has 0 radical (unpaired) electrons. The van der Waals surface area contributed by atoms with E-state index >= 15 is 0 Å². The molecular weight excluding hydrogens is 252 g/mol. The maximum absolute atomic E-state index is 5.50. The Morgan fingerprint density at radius 1 is 1.05 bits per heavy atom. The van der Waals surface area contributed by atoms with Gasteiger partial charge >= 0.3 is 0 Å². The molecule has 0 fully saturated rings. The van der Waals surface area contributed by atoms with Gasteiger partial charge in [-0.2, -0.15) is 0 Å². The lowest BCUT2D eigenvalue weighted by Crippen LogP contribution is -2.09. The minimum atomic E-state index is 0.282. The van der Waals surface area contributed by atoms with E-state index in [0.29, 0.717) is 0 Å². The monoisotopic (exact) mass is 268 g/mol. The van der Waals surface area contributed by atoms with Crippen LogP contribution < -0.4 is 0 Å². The van der Waals surface area contributed by atoms with Crippen molar-refractivity contribution in [2.24, 2.45) is 0 Å². The Hall–Kier alpha value is -1.87. The third-order valence-electron chi connectivity index (χ3n) is 3.51. The van der Waals surface area contributed by atoms with Crippen LogP contribution in [0.3, 0.4) is 0 Å². The van der Waals surface area contributed by atoms with E-state index < -0.39 is 0 Å². The van der Waals surface area contributed by atoms with E-state index in [4.69, 9.17) is 12.2 Å². The fourth-order valence-corrected chi connectivity index (χ4v) is 2.96. The highest BCUT2D eigenvalue weighted by molar-refractivity contribution is 7.71. The first kappa shape index (κ1) is 12.2. The fraction of sp³-hybridized carbons (Fsp3) is 0.188. The Morgan fingerprint density at radius 2 is 1.74 bits per heavy atom. The van der Waals surface area contributed by atoms with Crippen LogP contribution in [0.4, 0.5) is 0 Å². The average Bonchev–Trinajstić information content (AvgIpc) is 2.78. The quantitative estimate of drug-likeness (QED) is 0.683. The SMILES string of the molecule is CCC(c1ccccc1)n1c(=S)[nH]c2ccccc21. The Morgan fingerprint density at radius 3 is 2.47 bits per heavy atom. The number of fused-ring (bicyclic) bond motifs is 1. The molecule has 0 spiro atoms. The lowest BCUT2D eigenvalue weighted by molar-refractivity contribution is 0.575.